The monoisotopic (exact) mass is 222 g/mol. The van der Waals surface area contributed by atoms with Crippen LogP contribution in [0.25, 0.3) is 0 Å². The molecule has 0 saturated heterocycles. The summed E-state index contributed by atoms with van der Waals surface area (Å²) in [5.41, 5.74) is 1.07. The van der Waals surface area contributed by atoms with Gasteiger partial charge in [0.15, 0.2) is 11.6 Å². The van der Waals surface area contributed by atoms with E-state index in [4.69, 9.17) is 4.74 Å². The molecule has 0 unspecified atom stereocenters. The number of Topliss-reactive ketones (excluding diaryl/α,β-unsaturated/α-hetero) is 1. The van der Waals surface area contributed by atoms with Crippen molar-refractivity contribution in [3.63, 3.8) is 0 Å². The van der Waals surface area contributed by atoms with E-state index in [0.717, 1.165) is 18.4 Å². The van der Waals surface area contributed by atoms with Gasteiger partial charge < -0.3 is 4.74 Å². The molecule has 2 nitrogen and oxygen atoms in total. The Hall–Kier alpha value is -1.38. The van der Waals surface area contributed by atoms with E-state index >= 15 is 0 Å². The lowest BCUT2D eigenvalue weighted by atomic mass is 9.83. The van der Waals surface area contributed by atoms with Gasteiger partial charge in [-0.05, 0) is 36.5 Å². The second kappa shape index (κ2) is 4.64. The second-order valence-corrected chi connectivity index (χ2v) is 4.21. The zero-order chi connectivity index (χ0) is 11.5. The molecular weight excluding hydrogens is 207 g/mol. The van der Waals surface area contributed by atoms with Crippen LogP contribution in [0.3, 0.4) is 0 Å². The van der Waals surface area contributed by atoms with Crippen LogP contribution in [0.2, 0.25) is 0 Å². The summed E-state index contributed by atoms with van der Waals surface area (Å²) in [6.45, 7) is 0. The van der Waals surface area contributed by atoms with Crippen LogP contribution in [-0.2, 0) is 4.79 Å². The molecule has 0 bridgehead atoms. The number of benzene rings is 1. The van der Waals surface area contributed by atoms with Gasteiger partial charge in [-0.3, -0.25) is 4.79 Å². The van der Waals surface area contributed by atoms with Crippen molar-refractivity contribution in [1.29, 1.82) is 0 Å². The average molecular weight is 222 g/mol. The lowest BCUT2D eigenvalue weighted by Crippen LogP contribution is -2.12. The fourth-order valence-electron chi connectivity index (χ4n) is 2.20. The largest absolute Gasteiger partial charge is 0.494 e. The molecule has 0 aromatic heterocycles. The molecule has 0 aliphatic heterocycles. The third kappa shape index (κ3) is 2.23. The summed E-state index contributed by atoms with van der Waals surface area (Å²) in [4.78, 5) is 11.1. The third-order valence-electron chi connectivity index (χ3n) is 3.19. The van der Waals surface area contributed by atoms with E-state index in [1.165, 1.54) is 13.2 Å². The SMILES string of the molecule is COc1cc(C2CCC(=O)CC2)ccc1F. The van der Waals surface area contributed by atoms with Crippen LogP contribution in [-0.4, -0.2) is 12.9 Å². The zero-order valence-electron chi connectivity index (χ0n) is 9.33. The summed E-state index contributed by atoms with van der Waals surface area (Å²) in [6.07, 6.45) is 3.02. The summed E-state index contributed by atoms with van der Waals surface area (Å²) in [7, 11) is 1.46. The molecule has 0 atom stereocenters. The Balaban J connectivity index is 2.17. The zero-order valence-corrected chi connectivity index (χ0v) is 9.33. The molecule has 0 radical (unpaired) electrons. The maximum Gasteiger partial charge on any atom is 0.165 e. The predicted octanol–water partition coefficient (Wildman–Crippen LogP) is 3.06. The Bertz CT molecular complexity index is 391. The topological polar surface area (TPSA) is 26.3 Å². The number of carbonyl (C=O) groups excluding carboxylic acids is 1. The molecule has 1 aromatic carbocycles. The minimum Gasteiger partial charge on any atom is -0.494 e. The van der Waals surface area contributed by atoms with Gasteiger partial charge in [0, 0.05) is 12.8 Å². The van der Waals surface area contributed by atoms with Gasteiger partial charge in [0.1, 0.15) is 5.78 Å². The van der Waals surface area contributed by atoms with E-state index < -0.39 is 0 Å². The van der Waals surface area contributed by atoms with Gasteiger partial charge in [-0.2, -0.15) is 0 Å². The summed E-state index contributed by atoms with van der Waals surface area (Å²) >= 11 is 0. The van der Waals surface area contributed by atoms with E-state index in [-0.39, 0.29) is 11.6 Å². The van der Waals surface area contributed by atoms with Gasteiger partial charge in [-0.15, -0.1) is 0 Å². The Kier molecular flexibility index (Phi) is 3.22. The lowest BCUT2D eigenvalue weighted by Gasteiger charge is -2.21. The molecule has 1 aliphatic rings. The fourth-order valence-corrected chi connectivity index (χ4v) is 2.20. The molecular formula is C13H15FO2. The number of ether oxygens (including phenoxy) is 1. The minimum atomic E-state index is -0.335. The van der Waals surface area contributed by atoms with Crippen LogP contribution >= 0.6 is 0 Å². The number of methoxy groups -OCH3 is 1. The Labute approximate surface area is 94.4 Å². The van der Waals surface area contributed by atoms with Crippen molar-refractivity contribution in [2.45, 2.75) is 31.6 Å². The smallest absolute Gasteiger partial charge is 0.165 e. The van der Waals surface area contributed by atoms with E-state index in [1.807, 2.05) is 0 Å². The Morgan fingerprint density at radius 1 is 1.31 bits per heavy atom. The van der Waals surface area contributed by atoms with Gasteiger partial charge >= 0.3 is 0 Å². The number of halogens is 1. The highest BCUT2D eigenvalue weighted by Crippen LogP contribution is 2.33. The van der Waals surface area contributed by atoms with Crippen LogP contribution in [0.5, 0.6) is 5.75 Å². The number of rotatable bonds is 2. The van der Waals surface area contributed by atoms with Crippen molar-refractivity contribution in [3.05, 3.63) is 29.6 Å². The van der Waals surface area contributed by atoms with Crippen LogP contribution in [0.15, 0.2) is 18.2 Å². The van der Waals surface area contributed by atoms with Gasteiger partial charge in [0.2, 0.25) is 0 Å². The molecule has 0 N–H and O–H groups in total. The first-order valence-electron chi connectivity index (χ1n) is 5.56. The van der Waals surface area contributed by atoms with Gasteiger partial charge in [-0.25, -0.2) is 4.39 Å². The summed E-state index contributed by atoms with van der Waals surface area (Å²) in [6, 6.07) is 4.97. The van der Waals surface area contributed by atoms with Crippen molar-refractivity contribution in [1.82, 2.24) is 0 Å². The molecule has 0 amide bonds. The summed E-state index contributed by atoms with van der Waals surface area (Å²) < 4.78 is 18.2. The number of hydrogen-bond acceptors (Lipinski definition) is 2. The predicted molar refractivity (Wildman–Crippen MR) is 59.2 cm³/mol. The normalized spacial score (nSPS) is 17.5. The highest BCUT2D eigenvalue weighted by atomic mass is 19.1. The number of carbonyl (C=O) groups is 1. The molecule has 0 spiro atoms. The second-order valence-electron chi connectivity index (χ2n) is 4.21. The van der Waals surface area contributed by atoms with Gasteiger partial charge in [0.25, 0.3) is 0 Å². The molecule has 1 saturated carbocycles. The molecule has 3 heteroatoms. The van der Waals surface area contributed by atoms with Gasteiger partial charge in [-0.1, -0.05) is 6.07 Å². The molecule has 2 rings (SSSR count). The number of hydrogen-bond donors (Lipinski definition) is 0. The van der Waals surface area contributed by atoms with Crippen LogP contribution in [0.1, 0.15) is 37.2 Å². The van der Waals surface area contributed by atoms with Crippen molar-refractivity contribution in [3.8, 4) is 5.75 Å². The molecule has 0 heterocycles. The summed E-state index contributed by atoms with van der Waals surface area (Å²) in [5, 5.41) is 0. The lowest BCUT2D eigenvalue weighted by molar-refractivity contribution is -0.120. The molecule has 1 aromatic rings. The first kappa shape index (κ1) is 11.1. The van der Waals surface area contributed by atoms with Crippen LogP contribution in [0.4, 0.5) is 4.39 Å². The van der Waals surface area contributed by atoms with Crippen molar-refractivity contribution >= 4 is 5.78 Å². The molecule has 16 heavy (non-hydrogen) atoms. The average Bonchev–Trinajstić information content (AvgIpc) is 2.31. The van der Waals surface area contributed by atoms with E-state index in [1.54, 1.807) is 12.1 Å². The highest BCUT2D eigenvalue weighted by molar-refractivity contribution is 5.79. The fraction of sp³-hybridized carbons (Fsp3) is 0.462. The van der Waals surface area contributed by atoms with E-state index in [0.29, 0.717) is 24.5 Å². The maximum atomic E-state index is 13.2. The first-order chi connectivity index (χ1) is 7.70. The van der Waals surface area contributed by atoms with E-state index in [2.05, 4.69) is 0 Å². The van der Waals surface area contributed by atoms with Crippen molar-refractivity contribution < 1.29 is 13.9 Å². The Morgan fingerprint density at radius 3 is 2.62 bits per heavy atom. The maximum absolute atomic E-state index is 13.2. The van der Waals surface area contributed by atoms with E-state index in [9.17, 15) is 9.18 Å². The molecule has 86 valence electrons. The van der Waals surface area contributed by atoms with Crippen molar-refractivity contribution in [2.24, 2.45) is 0 Å². The third-order valence-corrected chi connectivity index (χ3v) is 3.19. The minimum absolute atomic E-state index is 0.286. The quantitative estimate of drug-likeness (QED) is 0.768. The van der Waals surface area contributed by atoms with Crippen molar-refractivity contribution in [2.75, 3.05) is 7.11 Å². The molecule has 1 fully saturated rings. The van der Waals surface area contributed by atoms with Crippen LogP contribution in [0, 0.1) is 5.82 Å². The first-order valence-corrected chi connectivity index (χ1v) is 5.56. The van der Waals surface area contributed by atoms with Gasteiger partial charge in [0.05, 0.1) is 7.11 Å². The molecule has 1 aliphatic carbocycles. The summed E-state index contributed by atoms with van der Waals surface area (Å²) in [5.74, 6) is 0.657. The Morgan fingerprint density at radius 2 is 2.00 bits per heavy atom. The number of ketones is 1. The highest BCUT2D eigenvalue weighted by Gasteiger charge is 2.21. The standard InChI is InChI=1S/C13H15FO2/c1-16-13-8-10(4-7-12(13)14)9-2-5-11(15)6-3-9/h4,7-9H,2-3,5-6H2,1H3. The van der Waals surface area contributed by atoms with Crippen LogP contribution < -0.4 is 4.74 Å².